The Kier molecular flexibility index (Phi) is 5.96. The second-order valence-electron chi connectivity index (χ2n) is 7.92. The summed E-state index contributed by atoms with van der Waals surface area (Å²) in [5.41, 5.74) is 0.735. The van der Waals surface area contributed by atoms with Crippen molar-refractivity contribution in [1.82, 2.24) is 10.6 Å². The summed E-state index contributed by atoms with van der Waals surface area (Å²) in [4.78, 5) is 36.2. The molecule has 3 rings (SSSR count). The van der Waals surface area contributed by atoms with Crippen LogP contribution in [-0.2, 0) is 14.3 Å². The van der Waals surface area contributed by atoms with Gasteiger partial charge in [0.2, 0.25) is 5.91 Å². The molecular formula is C22H24N2O6. The summed E-state index contributed by atoms with van der Waals surface area (Å²) in [5.74, 6) is -0.634. The first-order valence-electron chi connectivity index (χ1n) is 9.51. The Hall–Kier alpha value is -3.55. The van der Waals surface area contributed by atoms with Gasteiger partial charge in [-0.2, -0.15) is 0 Å². The van der Waals surface area contributed by atoms with E-state index in [-0.39, 0.29) is 0 Å². The molecule has 0 bridgehead atoms. The molecule has 3 N–H and O–H groups in total. The van der Waals surface area contributed by atoms with Crippen LogP contribution in [0.2, 0.25) is 0 Å². The maximum atomic E-state index is 12.7. The van der Waals surface area contributed by atoms with Gasteiger partial charge in [0.1, 0.15) is 23.1 Å². The first-order valence-corrected chi connectivity index (χ1v) is 9.51. The maximum Gasteiger partial charge on any atom is 0.408 e. The molecular weight excluding hydrogens is 388 g/mol. The van der Waals surface area contributed by atoms with Gasteiger partial charge in [0.05, 0.1) is 12.5 Å². The van der Waals surface area contributed by atoms with Crippen LogP contribution in [0.1, 0.15) is 44.4 Å². The van der Waals surface area contributed by atoms with Crippen molar-refractivity contribution in [2.45, 2.75) is 44.9 Å². The number of ether oxygens (including phenoxy) is 2. The molecule has 0 aromatic heterocycles. The third-order valence-electron chi connectivity index (χ3n) is 4.36. The van der Waals surface area contributed by atoms with E-state index in [2.05, 4.69) is 10.6 Å². The van der Waals surface area contributed by atoms with Gasteiger partial charge in [0.15, 0.2) is 0 Å². The average molecular weight is 412 g/mol. The number of carbonyl (C=O) groups is 3. The number of carboxylic acids is 1. The number of benzene rings is 2. The van der Waals surface area contributed by atoms with Gasteiger partial charge in [-0.15, -0.1) is 0 Å². The second-order valence-corrected chi connectivity index (χ2v) is 7.92. The standard InChI is InChI=1S/C22H24N2O6/c1-22(2,3)30-21(28)23-15(20(26)27)12-18(25)24-19-13-8-4-6-10-16(13)29-17-11-7-5-9-14(17)19/h4-11,15,19H,12H2,1-3H3,(H,23,28)(H,24,25)(H,26,27)/t15-/m0/s1. The Morgan fingerprint density at radius 1 is 1.03 bits per heavy atom. The molecule has 1 atom stereocenters. The Bertz CT molecular complexity index is 921. The fourth-order valence-electron chi connectivity index (χ4n) is 3.12. The minimum absolute atomic E-state index is 0.448. The summed E-state index contributed by atoms with van der Waals surface area (Å²) in [5, 5.41) is 14.5. The zero-order valence-corrected chi connectivity index (χ0v) is 17.0. The van der Waals surface area contributed by atoms with Gasteiger partial charge >= 0.3 is 12.1 Å². The molecule has 30 heavy (non-hydrogen) atoms. The Labute approximate surface area is 174 Å². The highest BCUT2D eigenvalue weighted by molar-refractivity contribution is 5.87. The number of nitrogens with one attached hydrogen (secondary N) is 2. The van der Waals surface area contributed by atoms with Crippen LogP contribution < -0.4 is 15.4 Å². The van der Waals surface area contributed by atoms with E-state index < -0.39 is 42.1 Å². The summed E-state index contributed by atoms with van der Waals surface area (Å²) in [6.07, 6.45) is -1.35. The average Bonchev–Trinajstić information content (AvgIpc) is 2.65. The van der Waals surface area contributed by atoms with Gasteiger partial charge in [-0.3, -0.25) is 4.79 Å². The minimum Gasteiger partial charge on any atom is -0.480 e. The fourth-order valence-corrected chi connectivity index (χ4v) is 3.12. The monoisotopic (exact) mass is 412 g/mol. The number of aliphatic carboxylic acids is 1. The highest BCUT2D eigenvalue weighted by Crippen LogP contribution is 2.42. The summed E-state index contributed by atoms with van der Waals surface area (Å²) >= 11 is 0. The zero-order valence-electron chi connectivity index (χ0n) is 17.0. The first-order chi connectivity index (χ1) is 14.1. The lowest BCUT2D eigenvalue weighted by molar-refractivity contribution is -0.141. The molecule has 2 aromatic rings. The Balaban J connectivity index is 1.75. The van der Waals surface area contributed by atoms with Crippen molar-refractivity contribution in [3.63, 3.8) is 0 Å². The van der Waals surface area contributed by atoms with Crippen molar-refractivity contribution in [3.05, 3.63) is 59.7 Å². The summed E-state index contributed by atoms with van der Waals surface area (Å²) in [6, 6.07) is 12.7. The normalized spacial score (nSPS) is 13.8. The molecule has 0 unspecified atom stereocenters. The van der Waals surface area contributed by atoms with Crippen molar-refractivity contribution in [2.75, 3.05) is 0 Å². The minimum atomic E-state index is -1.43. The summed E-state index contributed by atoms with van der Waals surface area (Å²) < 4.78 is 11.0. The van der Waals surface area contributed by atoms with Gasteiger partial charge in [0, 0.05) is 11.1 Å². The lowest BCUT2D eigenvalue weighted by Crippen LogP contribution is -2.46. The quantitative estimate of drug-likeness (QED) is 0.694. The molecule has 0 radical (unpaired) electrons. The van der Waals surface area contributed by atoms with Crippen LogP contribution in [0, 0.1) is 0 Å². The highest BCUT2D eigenvalue weighted by Gasteiger charge is 2.31. The van der Waals surface area contributed by atoms with Crippen LogP contribution in [0.3, 0.4) is 0 Å². The molecule has 0 saturated heterocycles. The lowest BCUT2D eigenvalue weighted by Gasteiger charge is -2.29. The molecule has 0 aliphatic carbocycles. The number of fused-ring (bicyclic) bond motifs is 2. The van der Waals surface area contributed by atoms with Gasteiger partial charge < -0.3 is 25.2 Å². The Morgan fingerprint density at radius 3 is 2.07 bits per heavy atom. The summed E-state index contributed by atoms with van der Waals surface area (Å²) in [6.45, 7) is 4.99. The van der Waals surface area contributed by atoms with Crippen molar-refractivity contribution in [1.29, 1.82) is 0 Å². The van der Waals surface area contributed by atoms with Crippen LogP contribution in [0.15, 0.2) is 48.5 Å². The predicted octanol–water partition coefficient (Wildman–Crippen LogP) is 3.37. The third kappa shape index (κ3) is 5.08. The fraction of sp³-hybridized carbons (Fsp3) is 0.318. The molecule has 8 heteroatoms. The largest absolute Gasteiger partial charge is 0.480 e. The molecule has 1 heterocycles. The molecule has 0 fully saturated rings. The molecule has 1 aliphatic rings. The highest BCUT2D eigenvalue weighted by atomic mass is 16.6. The van der Waals surface area contributed by atoms with Gasteiger partial charge in [-0.25, -0.2) is 9.59 Å². The molecule has 158 valence electrons. The number of hydrogen-bond acceptors (Lipinski definition) is 5. The van der Waals surface area contributed by atoms with Crippen molar-refractivity contribution in [3.8, 4) is 11.5 Å². The Morgan fingerprint density at radius 2 is 1.57 bits per heavy atom. The molecule has 2 aromatic carbocycles. The lowest BCUT2D eigenvalue weighted by atomic mass is 9.94. The number of hydrogen-bond donors (Lipinski definition) is 3. The smallest absolute Gasteiger partial charge is 0.408 e. The molecule has 8 nitrogen and oxygen atoms in total. The molecule has 0 spiro atoms. The van der Waals surface area contributed by atoms with E-state index in [9.17, 15) is 19.5 Å². The van der Waals surface area contributed by atoms with Gasteiger partial charge in [0.25, 0.3) is 0 Å². The SMILES string of the molecule is CC(C)(C)OC(=O)N[C@@H](CC(=O)NC1c2ccccc2Oc2ccccc21)C(=O)O. The number of carboxylic acid groups (broad SMARTS) is 1. The first kappa shape index (κ1) is 21.2. The second kappa shape index (κ2) is 8.44. The third-order valence-corrected chi connectivity index (χ3v) is 4.36. The number of amides is 2. The summed E-state index contributed by atoms with van der Waals surface area (Å²) in [7, 11) is 0. The van der Waals surface area contributed by atoms with E-state index >= 15 is 0 Å². The number of para-hydroxylation sites is 2. The van der Waals surface area contributed by atoms with E-state index in [1.54, 1.807) is 32.9 Å². The molecule has 0 saturated carbocycles. The van der Waals surface area contributed by atoms with E-state index in [0.717, 1.165) is 11.1 Å². The van der Waals surface area contributed by atoms with Crippen LogP contribution in [-0.4, -0.2) is 34.7 Å². The van der Waals surface area contributed by atoms with E-state index in [1.165, 1.54) is 0 Å². The molecule has 1 aliphatic heterocycles. The van der Waals surface area contributed by atoms with Gasteiger partial charge in [-0.05, 0) is 32.9 Å². The van der Waals surface area contributed by atoms with Gasteiger partial charge in [-0.1, -0.05) is 36.4 Å². The number of rotatable bonds is 5. The van der Waals surface area contributed by atoms with Crippen molar-refractivity contribution < 1.29 is 29.0 Å². The van der Waals surface area contributed by atoms with E-state index in [4.69, 9.17) is 9.47 Å². The van der Waals surface area contributed by atoms with Crippen LogP contribution in [0.25, 0.3) is 0 Å². The van der Waals surface area contributed by atoms with Crippen LogP contribution in [0.5, 0.6) is 11.5 Å². The van der Waals surface area contributed by atoms with Crippen molar-refractivity contribution in [2.24, 2.45) is 0 Å². The van der Waals surface area contributed by atoms with Crippen LogP contribution in [0.4, 0.5) is 4.79 Å². The topological polar surface area (TPSA) is 114 Å². The van der Waals surface area contributed by atoms with Crippen LogP contribution >= 0.6 is 0 Å². The zero-order chi connectivity index (χ0) is 21.9. The number of alkyl carbamates (subject to hydrolysis) is 1. The maximum absolute atomic E-state index is 12.7. The predicted molar refractivity (Wildman–Crippen MR) is 108 cm³/mol. The van der Waals surface area contributed by atoms with E-state index in [0.29, 0.717) is 11.5 Å². The van der Waals surface area contributed by atoms with E-state index in [1.807, 2.05) is 36.4 Å². The number of carbonyl (C=O) groups excluding carboxylic acids is 2. The molecule has 2 amide bonds. The van der Waals surface area contributed by atoms with Crippen molar-refractivity contribution >= 4 is 18.0 Å².